The molecule has 0 atom stereocenters. The average Bonchev–Trinajstić information content (AvgIpc) is 3.11. The van der Waals surface area contributed by atoms with Gasteiger partial charge in [0.2, 0.25) is 0 Å². The number of carbonyl (C=O) groups is 1. The summed E-state index contributed by atoms with van der Waals surface area (Å²) in [6, 6.07) is 10.8. The van der Waals surface area contributed by atoms with Gasteiger partial charge in [0.15, 0.2) is 0 Å². The smallest absolute Gasteiger partial charge is 0.270 e. The Morgan fingerprint density at radius 3 is 2.38 bits per heavy atom. The summed E-state index contributed by atoms with van der Waals surface area (Å²) < 4.78 is 27.5. The Kier molecular flexibility index (Phi) is 4.67. The van der Waals surface area contributed by atoms with E-state index in [0.717, 1.165) is 11.1 Å². The number of aromatic nitrogens is 4. The van der Waals surface area contributed by atoms with Crippen LogP contribution in [0.15, 0.2) is 47.4 Å². The molecule has 10 heteroatoms. The number of rotatable bonds is 5. The lowest BCUT2D eigenvalue weighted by Gasteiger charge is -2.10. The first-order chi connectivity index (χ1) is 12.3. The number of hydrogen-bond donors (Lipinski definition) is 3. The van der Waals surface area contributed by atoms with Gasteiger partial charge in [-0.1, -0.05) is 11.2 Å². The lowest BCUT2D eigenvalue weighted by atomic mass is 10.1. The first-order valence-electron chi connectivity index (χ1n) is 7.60. The van der Waals surface area contributed by atoms with Crippen molar-refractivity contribution in [3.8, 4) is 0 Å². The third kappa shape index (κ3) is 3.86. The molecule has 3 rings (SSSR count). The molecule has 0 aliphatic carbocycles. The van der Waals surface area contributed by atoms with E-state index in [2.05, 4.69) is 30.7 Å². The molecule has 3 N–H and O–H groups in total. The van der Waals surface area contributed by atoms with Crippen LogP contribution in [0.1, 0.15) is 21.5 Å². The highest BCUT2D eigenvalue weighted by Gasteiger charge is 2.16. The number of carbonyl (C=O) groups excluding carboxylic acids is 1. The van der Waals surface area contributed by atoms with E-state index in [1.165, 1.54) is 24.3 Å². The highest BCUT2D eigenvalue weighted by molar-refractivity contribution is 7.92. The van der Waals surface area contributed by atoms with Gasteiger partial charge < -0.3 is 0 Å². The third-order valence-electron chi connectivity index (χ3n) is 3.76. The molecular weight excluding hydrogens is 356 g/mol. The Bertz CT molecular complexity index is 1030. The highest BCUT2D eigenvalue weighted by Crippen LogP contribution is 2.19. The van der Waals surface area contributed by atoms with Crippen molar-refractivity contribution < 1.29 is 13.2 Å². The molecule has 0 radical (unpaired) electrons. The van der Waals surface area contributed by atoms with Crippen molar-refractivity contribution in [3.05, 3.63) is 59.2 Å². The number of aryl methyl sites for hydroxylation is 2. The summed E-state index contributed by atoms with van der Waals surface area (Å²) in [5, 5.41) is 15.2. The molecule has 1 aromatic heterocycles. The monoisotopic (exact) mass is 372 g/mol. The quantitative estimate of drug-likeness (QED) is 0.627. The Hall–Kier alpha value is -3.27. The number of benzene rings is 2. The maximum absolute atomic E-state index is 12.5. The molecule has 0 saturated heterocycles. The Morgan fingerprint density at radius 2 is 1.77 bits per heavy atom. The summed E-state index contributed by atoms with van der Waals surface area (Å²) in [4.78, 5) is 12.1. The van der Waals surface area contributed by atoms with Gasteiger partial charge in [-0.2, -0.15) is 5.21 Å². The van der Waals surface area contributed by atoms with Gasteiger partial charge >= 0.3 is 0 Å². The number of aromatic amines is 1. The van der Waals surface area contributed by atoms with Crippen molar-refractivity contribution in [2.75, 3.05) is 10.0 Å². The van der Waals surface area contributed by atoms with Gasteiger partial charge in [0.25, 0.3) is 21.9 Å². The van der Waals surface area contributed by atoms with Gasteiger partial charge in [-0.15, -0.1) is 5.10 Å². The van der Waals surface area contributed by atoms with E-state index in [4.69, 9.17) is 0 Å². The van der Waals surface area contributed by atoms with Crippen molar-refractivity contribution in [2.45, 2.75) is 18.7 Å². The van der Waals surface area contributed by atoms with Gasteiger partial charge in [0, 0.05) is 11.3 Å². The SMILES string of the molecule is Cc1ccc(NS(=O)(=O)c2ccc(C(=O)Nc3nn[nH]n3)cc2)cc1C. The van der Waals surface area contributed by atoms with Crippen LogP contribution in [0.4, 0.5) is 11.6 Å². The van der Waals surface area contributed by atoms with Crippen LogP contribution in [-0.2, 0) is 10.0 Å². The second-order valence-electron chi connectivity index (χ2n) is 5.62. The fraction of sp³-hybridized carbons (Fsp3) is 0.125. The topological polar surface area (TPSA) is 130 Å². The molecule has 1 heterocycles. The van der Waals surface area contributed by atoms with Crippen LogP contribution >= 0.6 is 0 Å². The van der Waals surface area contributed by atoms with Crippen LogP contribution in [0, 0.1) is 13.8 Å². The number of hydrogen-bond acceptors (Lipinski definition) is 6. The van der Waals surface area contributed by atoms with Crippen molar-refractivity contribution in [1.29, 1.82) is 0 Å². The molecular formula is C16H16N6O3S. The van der Waals surface area contributed by atoms with Crippen LogP contribution in [0.3, 0.4) is 0 Å². The van der Waals surface area contributed by atoms with E-state index >= 15 is 0 Å². The van der Waals surface area contributed by atoms with Gasteiger partial charge in [0.05, 0.1) is 4.90 Å². The van der Waals surface area contributed by atoms with Crippen molar-refractivity contribution in [2.24, 2.45) is 0 Å². The number of amides is 1. The minimum atomic E-state index is -3.76. The summed E-state index contributed by atoms with van der Waals surface area (Å²) in [6.07, 6.45) is 0. The summed E-state index contributed by atoms with van der Waals surface area (Å²) in [6.45, 7) is 3.86. The second-order valence-corrected chi connectivity index (χ2v) is 7.30. The second kappa shape index (κ2) is 6.92. The number of sulfonamides is 1. The number of H-pyrrole nitrogens is 1. The average molecular weight is 372 g/mol. The van der Waals surface area contributed by atoms with E-state index < -0.39 is 15.9 Å². The first-order valence-corrected chi connectivity index (χ1v) is 9.08. The lowest BCUT2D eigenvalue weighted by molar-refractivity contribution is 0.102. The van der Waals surface area contributed by atoms with E-state index in [0.29, 0.717) is 5.69 Å². The molecule has 0 saturated carbocycles. The summed E-state index contributed by atoms with van der Waals surface area (Å²) in [5.74, 6) is -0.444. The Balaban J connectivity index is 1.76. The molecule has 0 bridgehead atoms. The standard InChI is InChI=1S/C16H16N6O3S/c1-10-3-6-13(9-11(10)2)20-26(24,25)14-7-4-12(5-8-14)15(23)17-16-18-21-22-19-16/h3-9,20H,1-2H3,(H2,17,18,19,21,22,23). The number of nitrogens with one attached hydrogen (secondary N) is 3. The molecule has 0 spiro atoms. The molecule has 0 fully saturated rings. The van der Waals surface area contributed by atoms with Gasteiger partial charge in [-0.25, -0.2) is 8.42 Å². The number of nitrogens with zero attached hydrogens (tertiary/aromatic N) is 3. The number of anilines is 2. The highest BCUT2D eigenvalue weighted by atomic mass is 32.2. The zero-order valence-corrected chi connectivity index (χ0v) is 14.8. The minimum Gasteiger partial charge on any atom is -0.288 e. The molecule has 3 aromatic rings. The summed E-state index contributed by atoms with van der Waals surface area (Å²) >= 11 is 0. The zero-order valence-electron chi connectivity index (χ0n) is 14.0. The molecule has 134 valence electrons. The van der Waals surface area contributed by atoms with E-state index in [1.54, 1.807) is 12.1 Å². The van der Waals surface area contributed by atoms with Gasteiger partial charge in [-0.05, 0) is 66.6 Å². The Morgan fingerprint density at radius 1 is 1.04 bits per heavy atom. The predicted octanol–water partition coefficient (Wildman–Crippen LogP) is 1.87. The van der Waals surface area contributed by atoms with E-state index in [9.17, 15) is 13.2 Å². The molecule has 0 aliphatic heterocycles. The van der Waals surface area contributed by atoms with Crippen molar-refractivity contribution >= 4 is 27.6 Å². The van der Waals surface area contributed by atoms with Crippen LogP contribution in [-0.4, -0.2) is 34.9 Å². The van der Waals surface area contributed by atoms with Crippen LogP contribution < -0.4 is 10.0 Å². The predicted molar refractivity (Wildman–Crippen MR) is 95.3 cm³/mol. The molecule has 1 amide bonds. The fourth-order valence-corrected chi connectivity index (χ4v) is 3.24. The van der Waals surface area contributed by atoms with Crippen LogP contribution in [0.5, 0.6) is 0 Å². The van der Waals surface area contributed by atoms with Crippen LogP contribution in [0.2, 0.25) is 0 Å². The molecule has 26 heavy (non-hydrogen) atoms. The first kappa shape index (κ1) is 17.5. The summed E-state index contributed by atoms with van der Waals surface area (Å²) in [7, 11) is -3.76. The maximum Gasteiger partial charge on any atom is 0.270 e. The van der Waals surface area contributed by atoms with Crippen molar-refractivity contribution in [1.82, 2.24) is 20.6 Å². The Labute approximate surface area is 149 Å². The summed E-state index contributed by atoms with van der Waals surface area (Å²) in [5.41, 5.74) is 2.80. The van der Waals surface area contributed by atoms with Crippen LogP contribution in [0.25, 0.3) is 0 Å². The molecule has 0 unspecified atom stereocenters. The minimum absolute atomic E-state index is 0.0307. The molecule has 2 aromatic carbocycles. The number of tetrazole rings is 1. The zero-order chi connectivity index (χ0) is 18.7. The lowest BCUT2D eigenvalue weighted by Crippen LogP contribution is -2.15. The maximum atomic E-state index is 12.5. The van der Waals surface area contributed by atoms with E-state index in [1.807, 2.05) is 19.9 Å². The van der Waals surface area contributed by atoms with Gasteiger partial charge in [0.1, 0.15) is 0 Å². The largest absolute Gasteiger partial charge is 0.288 e. The van der Waals surface area contributed by atoms with Crippen molar-refractivity contribution in [3.63, 3.8) is 0 Å². The third-order valence-corrected chi connectivity index (χ3v) is 5.15. The molecule has 0 aliphatic rings. The van der Waals surface area contributed by atoms with E-state index in [-0.39, 0.29) is 16.4 Å². The van der Waals surface area contributed by atoms with Gasteiger partial charge in [-0.3, -0.25) is 14.8 Å². The molecule has 9 nitrogen and oxygen atoms in total. The fourth-order valence-electron chi connectivity index (χ4n) is 2.19. The normalized spacial score (nSPS) is 11.2.